The minimum atomic E-state index is -0.0253. The zero-order valence-corrected chi connectivity index (χ0v) is 13.3. The van der Waals surface area contributed by atoms with Crippen LogP contribution >= 0.6 is 0 Å². The first kappa shape index (κ1) is 14.8. The predicted octanol–water partition coefficient (Wildman–Crippen LogP) is 2.50. The summed E-state index contributed by atoms with van der Waals surface area (Å²) in [7, 11) is 0. The van der Waals surface area contributed by atoms with Crippen molar-refractivity contribution < 1.29 is 9.32 Å². The molecule has 118 valence electrons. The Morgan fingerprint density at radius 2 is 2.36 bits per heavy atom. The van der Waals surface area contributed by atoms with Gasteiger partial charge >= 0.3 is 0 Å². The first-order chi connectivity index (χ1) is 10.5. The van der Waals surface area contributed by atoms with Gasteiger partial charge in [0, 0.05) is 12.1 Å². The third kappa shape index (κ3) is 2.91. The number of nitrogens with one attached hydrogen (secondary N) is 1. The molecule has 1 aliphatic carbocycles. The van der Waals surface area contributed by atoms with Gasteiger partial charge in [-0.05, 0) is 45.6 Å². The molecule has 1 aliphatic rings. The Morgan fingerprint density at radius 1 is 1.55 bits per heavy atom. The molecule has 0 saturated heterocycles. The minimum Gasteiger partial charge on any atom is -0.361 e. The van der Waals surface area contributed by atoms with Crippen molar-refractivity contribution in [2.24, 2.45) is 0 Å². The molecule has 6 nitrogen and oxygen atoms in total. The maximum absolute atomic E-state index is 12.3. The SMILES string of the molecule is Cc1cc(CC(=O)NC2CCCc3cnn(C(C)C)c32)no1. The van der Waals surface area contributed by atoms with Crippen LogP contribution in [0.2, 0.25) is 0 Å². The van der Waals surface area contributed by atoms with E-state index in [2.05, 4.69) is 29.4 Å². The standard InChI is InChI=1S/C16H22N4O2/c1-10(2)20-16-12(9-17-20)5-4-6-14(16)18-15(21)8-13-7-11(3)22-19-13/h7,9-10,14H,4-6,8H2,1-3H3,(H,18,21). The van der Waals surface area contributed by atoms with Crippen LogP contribution in [0.1, 0.15) is 61.5 Å². The van der Waals surface area contributed by atoms with Gasteiger partial charge in [0.05, 0.1) is 30.0 Å². The maximum Gasteiger partial charge on any atom is 0.226 e. The van der Waals surface area contributed by atoms with Crippen LogP contribution in [0.4, 0.5) is 0 Å². The quantitative estimate of drug-likeness (QED) is 0.941. The number of carbonyl (C=O) groups excluding carboxylic acids is 1. The van der Waals surface area contributed by atoms with Gasteiger partial charge < -0.3 is 9.84 Å². The number of amides is 1. The van der Waals surface area contributed by atoms with Crippen molar-refractivity contribution in [3.63, 3.8) is 0 Å². The van der Waals surface area contributed by atoms with E-state index in [1.807, 2.05) is 17.8 Å². The van der Waals surface area contributed by atoms with Gasteiger partial charge in [-0.1, -0.05) is 5.16 Å². The molecule has 22 heavy (non-hydrogen) atoms. The van der Waals surface area contributed by atoms with E-state index in [-0.39, 0.29) is 18.4 Å². The molecule has 0 aromatic carbocycles. The van der Waals surface area contributed by atoms with E-state index < -0.39 is 0 Å². The second-order valence-corrected chi connectivity index (χ2v) is 6.21. The van der Waals surface area contributed by atoms with Crippen molar-refractivity contribution >= 4 is 5.91 Å². The summed E-state index contributed by atoms with van der Waals surface area (Å²) in [4.78, 5) is 12.3. The fourth-order valence-electron chi connectivity index (χ4n) is 3.08. The van der Waals surface area contributed by atoms with Gasteiger partial charge in [0.1, 0.15) is 5.76 Å². The fourth-order valence-corrected chi connectivity index (χ4v) is 3.08. The van der Waals surface area contributed by atoms with Crippen LogP contribution in [-0.2, 0) is 17.6 Å². The molecule has 0 radical (unpaired) electrons. The second kappa shape index (κ2) is 5.94. The summed E-state index contributed by atoms with van der Waals surface area (Å²) in [6.45, 7) is 6.04. The lowest BCUT2D eigenvalue weighted by Crippen LogP contribution is -2.33. The number of aryl methyl sites for hydroxylation is 2. The summed E-state index contributed by atoms with van der Waals surface area (Å²) in [6, 6.07) is 2.12. The second-order valence-electron chi connectivity index (χ2n) is 6.21. The zero-order valence-electron chi connectivity index (χ0n) is 13.3. The number of carbonyl (C=O) groups is 1. The van der Waals surface area contributed by atoms with E-state index in [0.717, 1.165) is 30.7 Å². The number of nitrogens with zero attached hydrogens (tertiary/aromatic N) is 3. The molecule has 2 heterocycles. The van der Waals surface area contributed by atoms with Crippen molar-refractivity contribution in [1.29, 1.82) is 0 Å². The number of fused-ring (bicyclic) bond motifs is 1. The Labute approximate surface area is 129 Å². The lowest BCUT2D eigenvalue weighted by atomic mass is 9.93. The van der Waals surface area contributed by atoms with Crippen LogP contribution < -0.4 is 5.32 Å². The largest absolute Gasteiger partial charge is 0.361 e. The Kier molecular flexibility index (Phi) is 4.00. The Morgan fingerprint density at radius 3 is 3.05 bits per heavy atom. The number of hydrogen-bond donors (Lipinski definition) is 1. The van der Waals surface area contributed by atoms with E-state index in [9.17, 15) is 4.79 Å². The van der Waals surface area contributed by atoms with Gasteiger partial charge in [0.25, 0.3) is 0 Å². The molecule has 0 fully saturated rings. The molecule has 2 aromatic heterocycles. The average Bonchev–Trinajstić information content (AvgIpc) is 3.05. The molecule has 3 rings (SSSR count). The number of rotatable bonds is 4. The maximum atomic E-state index is 12.3. The van der Waals surface area contributed by atoms with Gasteiger partial charge in [0.15, 0.2) is 0 Å². The van der Waals surface area contributed by atoms with Gasteiger partial charge in [-0.25, -0.2) is 0 Å². The smallest absolute Gasteiger partial charge is 0.226 e. The van der Waals surface area contributed by atoms with Crippen LogP contribution in [0.25, 0.3) is 0 Å². The normalized spacial score (nSPS) is 17.5. The van der Waals surface area contributed by atoms with E-state index in [0.29, 0.717) is 11.7 Å². The molecular weight excluding hydrogens is 280 g/mol. The highest BCUT2D eigenvalue weighted by atomic mass is 16.5. The van der Waals surface area contributed by atoms with Crippen LogP contribution in [0.15, 0.2) is 16.8 Å². The highest BCUT2D eigenvalue weighted by Gasteiger charge is 2.27. The van der Waals surface area contributed by atoms with Crippen molar-refractivity contribution in [3.05, 3.63) is 35.0 Å². The van der Waals surface area contributed by atoms with Crippen LogP contribution in [0.3, 0.4) is 0 Å². The third-order valence-electron chi connectivity index (χ3n) is 4.03. The van der Waals surface area contributed by atoms with Gasteiger partial charge in [-0.3, -0.25) is 9.48 Å². The highest BCUT2D eigenvalue weighted by molar-refractivity contribution is 5.78. The summed E-state index contributed by atoms with van der Waals surface area (Å²) < 4.78 is 7.03. The molecule has 0 bridgehead atoms. The third-order valence-corrected chi connectivity index (χ3v) is 4.03. The monoisotopic (exact) mass is 302 g/mol. The van der Waals surface area contributed by atoms with Gasteiger partial charge in [0.2, 0.25) is 5.91 Å². The van der Waals surface area contributed by atoms with Crippen molar-refractivity contribution in [2.75, 3.05) is 0 Å². The lowest BCUT2D eigenvalue weighted by molar-refractivity contribution is -0.121. The zero-order chi connectivity index (χ0) is 15.7. The minimum absolute atomic E-state index is 0.0253. The lowest BCUT2D eigenvalue weighted by Gasteiger charge is -2.26. The topological polar surface area (TPSA) is 73.0 Å². The van der Waals surface area contributed by atoms with Crippen molar-refractivity contribution in [1.82, 2.24) is 20.3 Å². The van der Waals surface area contributed by atoms with E-state index >= 15 is 0 Å². The van der Waals surface area contributed by atoms with Crippen molar-refractivity contribution in [2.45, 2.75) is 58.5 Å². The molecule has 1 amide bonds. The molecule has 2 aromatic rings. The van der Waals surface area contributed by atoms with Crippen LogP contribution in [0, 0.1) is 6.92 Å². The number of hydrogen-bond acceptors (Lipinski definition) is 4. The Hall–Kier alpha value is -2.11. The molecule has 0 saturated carbocycles. The molecule has 1 unspecified atom stereocenters. The number of aromatic nitrogens is 3. The molecule has 0 spiro atoms. The van der Waals surface area contributed by atoms with Gasteiger partial charge in [-0.2, -0.15) is 5.10 Å². The van der Waals surface area contributed by atoms with Crippen LogP contribution in [0.5, 0.6) is 0 Å². The summed E-state index contributed by atoms with van der Waals surface area (Å²) >= 11 is 0. The molecule has 1 atom stereocenters. The van der Waals surface area contributed by atoms with Crippen molar-refractivity contribution in [3.8, 4) is 0 Å². The Balaban J connectivity index is 1.74. The van der Waals surface area contributed by atoms with E-state index in [1.165, 1.54) is 5.56 Å². The summed E-state index contributed by atoms with van der Waals surface area (Å²) in [6.07, 6.45) is 5.25. The van der Waals surface area contributed by atoms with E-state index in [4.69, 9.17) is 4.52 Å². The first-order valence-corrected chi connectivity index (χ1v) is 7.82. The van der Waals surface area contributed by atoms with Crippen LogP contribution in [-0.4, -0.2) is 20.8 Å². The molecule has 1 N–H and O–H groups in total. The predicted molar refractivity (Wildman–Crippen MR) is 81.4 cm³/mol. The summed E-state index contributed by atoms with van der Waals surface area (Å²) in [5.41, 5.74) is 3.08. The highest BCUT2D eigenvalue weighted by Crippen LogP contribution is 2.31. The summed E-state index contributed by atoms with van der Waals surface area (Å²) in [5.74, 6) is 0.697. The molecule has 0 aliphatic heterocycles. The Bertz CT molecular complexity index is 671. The molecule has 6 heteroatoms. The first-order valence-electron chi connectivity index (χ1n) is 7.82. The van der Waals surface area contributed by atoms with Gasteiger partial charge in [-0.15, -0.1) is 0 Å². The molecular formula is C16H22N4O2. The average molecular weight is 302 g/mol. The fraction of sp³-hybridized carbons (Fsp3) is 0.562. The van der Waals surface area contributed by atoms with E-state index in [1.54, 1.807) is 6.07 Å². The summed E-state index contributed by atoms with van der Waals surface area (Å²) in [5, 5.41) is 11.5.